The highest BCUT2D eigenvalue weighted by Gasteiger charge is 2.23. The molecule has 2 rings (SSSR count). The first kappa shape index (κ1) is 19.2. The third kappa shape index (κ3) is 4.48. The molecule has 0 bridgehead atoms. The Morgan fingerprint density at radius 3 is 2.24 bits per heavy atom. The van der Waals surface area contributed by atoms with Crippen LogP contribution in [0.1, 0.15) is 46.0 Å². The summed E-state index contributed by atoms with van der Waals surface area (Å²) in [5, 5.41) is -0.582. The van der Waals surface area contributed by atoms with E-state index in [0.717, 1.165) is 0 Å². The number of benzene rings is 1. The Morgan fingerprint density at radius 1 is 1.16 bits per heavy atom. The Balaban J connectivity index is 2.11. The van der Waals surface area contributed by atoms with Gasteiger partial charge in [0.05, 0.1) is 11.4 Å². The summed E-state index contributed by atoms with van der Waals surface area (Å²) in [6.07, 6.45) is 1.25. The van der Waals surface area contributed by atoms with Crippen LogP contribution < -0.4 is 10.5 Å². The smallest absolute Gasteiger partial charge is 0.185 e. The van der Waals surface area contributed by atoms with Gasteiger partial charge in [0, 0.05) is 0 Å². The number of hydrogen-bond acceptors (Lipinski definition) is 6. The van der Waals surface area contributed by atoms with Crippen molar-refractivity contribution in [2.45, 2.75) is 56.8 Å². The van der Waals surface area contributed by atoms with Gasteiger partial charge >= 0.3 is 0 Å². The van der Waals surface area contributed by atoms with Gasteiger partial charge in [0.2, 0.25) is 0 Å². The summed E-state index contributed by atoms with van der Waals surface area (Å²) in [6, 6.07) is 7.81. The molecule has 0 saturated carbocycles. The zero-order valence-corrected chi connectivity index (χ0v) is 16.1. The quantitative estimate of drug-likeness (QED) is 0.877. The molecule has 0 fully saturated rings. The van der Waals surface area contributed by atoms with Crippen LogP contribution in [0.3, 0.4) is 0 Å². The molecular weight excluding hydrogens is 338 g/mol. The number of anilines is 1. The van der Waals surface area contributed by atoms with E-state index < -0.39 is 15.1 Å². The van der Waals surface area contributed by atoms with Crippen molar-refractivity contribution in [1.82, 2.24) is 9.97 Å². The van der Waals surface area contributed by atoms with Gasteiger partial charge in [-0.25, -0.2) is 18.4 Å². The highest BCUT2D eigenvalue weighted by molar-refractivity contribution is 7.92. The van der Waals surface area contributed by atoms with Crippen molar-refractivity contribution in [3.05, 3.63) is 41.9 Å². The van der Waals surface area contributed by atoms with Crippen molar-refractivity contribution in [3.63, 3.8) is 0 Å². The first-order valence-electron chi connectivity index (χ1n) is 8.10. The van der Waals surface area contributed by atoms with Crippen molar-refractivity contribution in [1.29, 1.82) is 0 Å². The van der Waals surface area contributed by atoms with Gasteiger partial charge in [-0.05, 0) is 37.0 Å². The van der Waals surface area contributed by atoms with Gasteiger partial charge < -0.3 is 10.5 Å². The molecule has 136 valence electrons. The van der Waals surface area contributed by atoms with E-state index in [2.05, 4.69) is 30.7 Å². The molecule has 2 aromatic rings. The lowest BCUT2D eigenvalue weighted by Crippen LogP contribution is -2.18. The van der Waals surface area contributed by atoms with Crippen LogP contribution in [0.5, 0.6) is 5.75 Å². The van der Waals surface area contributed by atoms with Crippen LogP contribution in [0.4, 0.5) is 5.82 Å². The molecule has 0 aliphatic heterocycles. The van der Waals surface area contributed by atoms with Gasteiger partial charge in [0.25, 0.3) is 0 Å². The van der Waals surface area contributed by atoms with Crippen LogP contribution in [0.25, 0.3) is 0 Å². The topological polar surface area (TPSA) is 95.2 Å². The number of nitrogen functional groups attached to an aromatic ring is 1. The van der Waals surface area contributed by atoms with E-state index in [-0.39, 0.29) is 22.7 Å². The second kappa shape index (κ2) is 7.00. The molecule has 0 unspecified atom stereocenters. The molecule has 7 heteroatoms. The molecule has 0 spiro atoms. The van der Waals surface area contributed by atoms with Crippen LogP contribution >= 0.6 is 0 Å². The van der Waals surface area contributed by atoms with Gasteiger partial charge in [-0.1, -0.05) is 32.9 Å². The largest absolute Gasteiger partial charge is 0.486 e. The minimum atomic E-state index is -3.50. The van der Waals surface area contributed by atoms with Crippen LogP contribution in [-0.4, -0.2) is 23.6 Å². The normalized spacial score (nSPS) is 12.4. The minimum Gasteiger partial charge on any atom is -0.486 e. The summed E-state index contributed by atoms with van der Waals surface area (Å²) in [5.41, 5.74) is 7.09. The molecule has 0 aliphatic carbocycles. The lowest BCUT2D eigenvalue weighted by molar-refractivity contribution is 0.295. The van der Waals surface area contributed by atoms with E-state index in [4.69, 9.17) is 10.5 Å². The van der Waals surface area contributed by atoms with Crippen molar-refractivity contribution in [3.8, 4) is 5.75 Å². The summed E-state index contributed by atoms with van der Waals surface area (Å²) in [7, 11) is -3.50. The highest BCUT2D eigenvalue weighted by atomic mass is 32.2. The fourth-order valence-corrected chi connectivity index (χ4v) is 3.21. The second-order valence-electron chi connectivity index (χ2n) is 7.19. The van der Waals surface area contributed by atoms with Gasteiger partial charge in [-0.2, -0.15) is 0 Å². The maximum atomic E-state index is 12.2. The number of nitrogens with zero attached hydrogens (tertiary/aromatic N) is 2. The molecule has 25 heavy (non-hydrogen) atoms. The van der Waals surface area contributed by atoms with Crippen LogP contribution in [0, 0.1) is 0 Å². The standard InChI is InChI=1S/C18H25N3O3S/c1-12(2)25(22,23)15-10-20-16(21-17(15)19)11-24-14-8-6-13(7-9-14)18(3,4)5/h6-10,12H,11H2,1-5H3,(H2,19,20,21). The molecule has 0 saturated heterocycles. The molecule has 6 nitrogen and oxygen atoms in total. The predicted molar refractivity (Wildman–Crippen MR) is 98.2 cm³/mol. The molecule has 0 amide bonds. The summed E-state index contributed by atoms with van der Waals surface area (Å²) in [4.78, 5) is 8.08. The van der Waals surface area contributed by atoms with Gasteiger partial charge in [-0.3, -0.25) is 0 Å². The van der Waals surface area contributed by atoms with E-state index in [1.807, 2.05) is 24.3 Å². The Hall–Kier alpha value is -2.15. The molecule has 0 atom stereocenters. The third-order valence-corrected chi connectivity index (χ3v) is 6.02. The number of ether oxygens (including phenoxy) is 1. The number of rotatable bonds is 5. The number of aromatic nitrogens is 2. The monoisotopic (exact) mass is 363 g/mol. The number of hydrogen-bond donors (Lipinski definition) is 1. The van der Waals surface area contributed by atoms with Crippen molar-refractivity contribution >= 4 is 15.7 Å². The second-order valence-corrected chi connectivity index (χ2v) is 9.67. The molecule has 0 radical (unpaired) electrons. The van der Waals surface area contributed by atoms with Crippen LogP contribution in [0.15, 0.2) is 35.4 Å². The molecular formula is C18H25N3O3S. The minimum absolute atomic E-state index is 0.0409. The lowest BCUT2D eigenvalue weighted by atomic mass is 9.87. The fourth-order valence-electron chi connectivity index (χ4n) is 2.16. The van der Waals surface area contributed by atoms with Gasteiger partial charge in [0.1, 0.15) is 23.1 Å². The van der Waals surface area contributed by atoms with Crippen molar-refractivity contribution in [2.24, 2.45) is 0 Å². The SMILES string of the molecule is CC(C)S(=O)(=O)c1cnc(COc2ccc(C(C)(C)C)cc2)nc1N. The average molecular weight is 363 g/mol. The zero-order chi connectivity index (χ0) is 18.8. The van der Waals surface area contributed by atoms with Gasteiger partial charge in [-0.15, -0.1) is 0 Å². The third-order valence-electron chi connectivity index (χ3n) is 3.85. The van der Waals surface area contributed by atoms with Crippen LogP contribution in [0.2, 0.25) is 0 Å². The highest BCUT2D eigenvalue weighted by Crippen LogP contribution is 2.25. The molecule has 2 N–H and O–H groups in total. The Labute approximate surface area is 149 Å². The summed E-state index contributed by atoms with van der Waals surface area (Å²) >= 11 is 0. The fraction of sp³-hybridized carbons (Fsp3) is 0.444. The molecule has 1 heterocycles. The van der Waals surface area contributed by atoms with Crippen LogP contribution in [-0.2, 0) is 21.9 Å². The Kier molecular flexibility index (Phi) is 5.37. The maximum absolute atomic E-state index is 12.2. The summed E-state index contributed by atoms with van der Waals surface area (Å²) < 4.78 is 30.0. The Morgan fingerprint density at radius 2 is 1.76 bits per heavy atom. The zero-order valence-electron chi connectivity index (χ0n) is 15.3. The lowest BCUT2D eigenvalue weighted by Gasteiger charge is -2.19. The van der Waals surface area contributed by atoms with Gasteiger partial charge in [0.15, 0.2) is 15.7 Å². The van der Waals surface area contributed by atoms with E-state index in [1.165, 1.54) is 11.8 Å². The summed E-state index contributed by atoms with van der Waals surface area (Å²) in [5.74, 6) is 0.972. The maximum Gasteiger partial charge on any atom is 0.185 e. The first-order valence-corrected chi connectivity index (χ1v) is 9.65. The Bertz CT molecular complexity index is 839. The molecule has 1 aromatic heterocycles. The molecule has 0 aliphatic rings. The first-order chi connectivity index (χ1) is 11.5. The number of sulfone groups is 1. The van der Waals surface area contributed by atoms with Crippen molar-refractivity contribution < 1.29 is 13.2 Å². The van der Waals surface area contributed by atoms with Crippen molar-refractivity contribution in [2.75, 3.05) is 5.73 Å². The van der Waals surface area contributed by atoms with E-state index in [9.17, 15) is 8.42 Å². The number of nitrogens with two attached hydrogens (primary N) is 1. The van der Waals surface area contributed by atoms with E-state index in [1.54, 1.807) is 13.8 Å². The van der Waals surface area contributed by atoms with E-state index in [0.29, 0.717) is 11.6 Å². The average Bonchev–Trinajstić information content (AvgIpc) is 2.52. The predicted octanol–water partition coefficient (Wildman–Crippen LogP) is 3.12. The molecule has 1 aromatic carbocycles. The van der Waals surface area contributed by atoms with E-state index >= 15 is 0 Å². The summed E-state index contributed by atoms with van der Waals surface area (Å²) in [6.45, 7) is 9.73.